The van der Waals surface area contributed by atoms with Gasteiger partial charge < -0.3 is 4.90 Å². The highest BCUT2D eigenvalue weighted by atomic mass is 32.2. The van der Waals surface area contributed by atoms with Crippen LogP contribution in [0.5, 0.6) is 0 Å². The van der Waals surface area contributed by atoms with Gasteiger partial charge in [-0.2, -0.15) is 0 Å². The standard InChI is InChI=1S/C30H17NS3/c1-4-12-23-18(8-1)19-16-17-27-29(30(19)34-23)28-22(11-7-15-26(28)33-27)31-20-9-2-5-13-24(20)32-25-14-6-3-10-21(25)31/h1-17H. The average molecular weight is 488 g/mol. The molecule has 4 heteroatoms. The minimum absolute atomic E-state index is 1.25. The van der Waals surface area contributed by atoms with Crippen molar-refractivity contribution in [2.75, 3.05) is 4.90 Å². The lowest BCUT2D eigenvalue weighted by atomic mass is 10.1. The fraction of sp³-hybridized carbons (Fsp3) is 0. The molecule has 1 aliphatic heterocycles. The van der Waals surface area contributed by atoms with Gasteiger partial charge in [0.2, 0.25) is 0 Å². The van der Waals surface area contributed by atoms with Crippen molar-refractivity contribution in [1.82, 2.24) is 0 Å². The summed E-state index contributed by atoms with van der Waals surface area (Å²) < 4.78 is 5.44. The fourth-order valence-electron chi connectivity index (χ4n) is 5.22. The van der Waals surface area contributed by atoms with Gasteiger partial charge in [0.25, 0.3) is 0 Å². The van der Waals surface area contributed by atoms with Crippen LogP contribution in [0.3, 0.4) is 0 Å². The van der Waals surface area contributed by atoms with Crippen LogP contribution in [0.15, 0.2) is 113 Å². The highest BCUT2D eigenvalue weighted by Crippen LogP contribution is 2.54. The molecule has 3 heterocycles. The molecule has 34 heavy (non-hydrogen) atoms. The molecule has 0 radical (unpaired) electrons. The highest BCUT2D eigenvalue weighted by molar-refractivity contribution is 7.99. The van der Waals surface area contributed by atoms with Gasteiger partial charge in [-0.25, -0.2) is 0 Å². The summed E-state index contributed by atoms with van der Waals surface area (Å²) >= 11 is 5.68. The van der Waals surface area contributed by atoms with Crippen LogP contribution >= 0.6 is 34.4 Å². The van der Waals surface area contributed by atoms with E-state index in [1.54, 1.807) is 0 Å². The van der Waals surface area contributed by atoms with Gasteiger partial charge in [-0.3, -0.25) is 0 Å². The molecule has 160 valence electrons. The maximum Gasteiger partial charge on any atom is 0.0601 e. The molecule has 0 N–H and O–H groups in total. The first-order valence-corrected chi connectivity index (χ1v) is 13.7. The molecule has 2 aromatic heterocycles. The predicted octanol–water partition coefficient (Wildman–Crippen LogP) is 10.4. The van der Waals surface area contributed by atoms with Gasteiger partial charge in [0.1, 0.15) is 0 Å². The van der Waals surface area contributed by atoms with E-state index in [9.17, 15) is 0 Å². The highest BCUT2D eigenvalue weighted by Gasteiger charge is 2.27. The third kappa shape index (κ3) is 2.56. The number of rotatable bonds is 1. The summed E-state index contributed by atoms with van der Waals surface area (Å²) in [5, 5.41) is 5.46. The summed E-state index contributed by atoms with van der Waals surface area (Å²) in [5.74, 6) is 0. The molecule has 0 aliphatic carbocycles. The third-order valence-electron chi connectivity index (χ3n) is 6.66. The van der Waals surface area contributed by atoms with Gasteiger partial charge in [-0.15, -0.1) is 22.7 Å². The molecule has 0 saturated heterocycles. The first kappa shape index (κ1) is 19.0. The van der Waals surface area contributed by atoms with Crippen LogP contribution in [-0.4, -0.2) is 0 Å². The normalized spacial score (nSPS) is 13.1. The van der Waals surface area contributed by atoms with Gasteiger partial charge in [-0.1, -0.05) is 66.4 Å². The smallest absolute Gasteiger partial charge is 0.0601 e. The van der Waals surface area contributed by atoms with E-state index < -0.39 is 0 Å². The first-order chi connectivity index (χ1) is 16.9. The molecule has 1 nitrogen and oxygen atoms in total. The maximum absolute atomic E-state index is 2.47. The van der Waals surface area contributed by atoms with Crippen LogP contribution in [0.4, 0.5) is 17.1 Å². The number of anilines is 3. The number of thiophene rings is 2. The second-order valence-electron chi connectivity index (χ2n) is 8.54. The Labute approximate surface area is 208 Å². The van der Waals surface area contributed by atoms with Crippen molar-refractivity contribution in [3.05, 3.63) is 103 Å². The second kappa shape index (κ2) is 7.09. The summed E-state index contributed by atoms with van der Waals surface area (Å²) in [7, 11) is 0. The van der Waals surface area contributed by atoms with Crippen LogP contribution < -0.4 is 4.90 Å². The summed E-state index contributed by atoms with van der Waals surface area (Å²) in [4.78, 5) is 5.07. The van der Waals surface area contributed by atoms with Crippen molar-refractivity contribution in [2.24, 2.45) is 0 Å². The lowest BCUT2D eigenvalue weighted by Crippen LogP contribution is -2.14. The zero-order valence-electron chi connectivity index (χ0n) is 18.0. The first-order valence-electron chi connectivity index (χ1n) is 11.3. The molecule has 0 saturated carbocycles. The second-order valence-corrected chi connectivity index (χ2v) is 11.8. The zero-order chi connectivity index (χ0) is 22.2. The molecule has 0 bridgehead atoms. The monoisotopic (exact) mass is 487 g/mol. The Morgan fingerprint density at radius 2 is 1.09 bits per heavy atom. The minimum atomic E-state index is 1.25. The van der Waals surface area contributed by atoms with Crippen molar-refractivity contribution >= 4 is 91.8 Å². The van der Waals surface area contributed by atoms with Crippen LogP contribution in [0.1, 0.15) is 0 Å². The fourth-order valence-corrected chi connectivity index (χ4v) is 8.73. The van der Waals surface area contributed by atoms with Gasteiger partial charge >= 0.3 is 0 Å². The Morgan fingerprint density at radius 1 is 0.441 bits per heavy atom. The number of para-hydroxylation sites is 2. The molecule has 0 atom stereocenters. The van der Waals surface area contributed by atoms with Crippen LogP contribution in [0.2, 0.25) is 0 Å². The number of hydrogen-bond acceptors (Lipinski definition) is 4. The Balaban J connectivity index is 1.53. The number of benzene rings is 5. The third-order valence-corrected chi connectivity index (χ3v) is 10.1. The molecular formula is C30H17NS3. The van der Waals surface area contributed by atoms with Crippen molar-refractivity contribution < 1.29 is 0 Å². The SMILES string of the molecule is c1ccc2c(c1)Sc1ccccc1N2c1cccc2sc3ccc4c5ccccc5sc4c3c12. The van der Waals surface area contributed by atoms with Crippen molar-refractivity contribution in [3.8, 4) is 0 Å². The summed E-state index contributed by atoms with van der Waals surface area (Å²) in [6.45, 7) is 0. The Hall–Kier alpha value is -3.31. The lowest BCUT2D eigenvalue weighted by Gasteiger charge is -2.33. The molecule has 0 unspecified atom stereocenters. The topological polar surface area (TPSA) is 3.24 Å². The number of nitrogens with zero attached hydrogens (tertiary/aromatic N) is 1. The molecule has 0 spiro atoms. The predicted molar refractivity (Wildman–Crippen MR) is 151 cm³/mol. The van der Waals surface area contributed by atoms with Crippen molar-refractivity contribution in [3.63, 3.8) is 0 Å². The molecule has 7 aromatic rings. The number of fused-ring (bicyclic) bond motifs is 9. The maximum atomic E-state index is 2.47. The molecule has 1 aliphatic rings. The van der Waals surface area contributed by atoms with E-state index >= 15 is 0 Å². The molecule has 0 fully saturated rings. The van der Waals surface area contributed by atoms with Gasteiger partial charge in [-0.05, 0) is 48.5 Å². The van der Waals surface area contributed by atoms with E-state index in [2.05, 4.69) is 108 Å². The summed E-state index contributed by atoms with van der Waals surface area (Å²) in [6, 6.07) is 37.8. The zero-order valence-corrected chi connectivity index (χ0v) is 20.4. The quantitative estimate of drug-likeness (QED) is 0.226. The molecular weight excluding hydrogens is 471 g/mol. The summed E-state index contributed by atoms with van der Waals surface area (Å²) in [6.07, 6.45) is 0. The van der Waals surface area contributed by atoms with Crippen LogP contribution in [0.25, 0.3) is 40.3 Å². The van der Waals surface area contributed by atoms with E-state index in [-0.39, 0.29) is 0 Å². The number of hydrogen-bond donors (Lipinski definition) is 0. The molecule has 5 aromatic carbocycles. The van der Waals surface area contributed by atoms with Crippen LogP contribution in [0, 0.1) is 0 Å². The van der Waals surface area contributed by atoms with Gasteiger partial charge in [0.05, 0.1) is 17.1 Å². The van der Waals surface area contributed by atoms with Crippen molar-refractivity contribution in [1.29, 1.82) is 0 Å². The van der Waals surface area contributed by atoms with Gasteiger partial charge in [0, 0.05) is 50.1 Å². The average Bonchev–Trinajstić information content (AvgIpc) is 3.45. The van der Waals surface area contributed by atoms with Gasteiger partial charge in [0.15, 0.2) is 0 Å². The van der Waals surface area contributed by atoms with E-state index in [0.29, 0.717) is 0 Å². The Bertz CT molecular complexity index is 1860. The van der Waals surface area contributed by atoms with E-state index in [1.165, 1.54) is 67.2 Å². The summed E-state index contributed by atoms with van der Waals surface area (Å²) in [5.41, 5.74) is 3.76. The molecule has 0 amide bonds. The van der Waals surface area contributed by atoms with E-state index in [0.717, 1.165) is 0 Å². The molecule has 8 rings (SSSR count). The van der Waals surface area contributed by atoms with E-state index in [4.69, 9.17) is 0 Å². The largest absolute Gasteiger partial charge is 0.308 e. The van der Waals surface area contributed by atoms with Crippen molar-refractivity contribution in [2.45, 2.75) is 9.79 Å². The van der Waals surface area contributed by atoms with E-state index in [1.807, 2.05) is 34.4 Å². The minimum Gasteiger partial charge on any atom is -0.308 e. The Morgan fingerprint density at radius 3 is 1.91 bits per heavy atom. The van der Waals surface area contributed by atoms with Crippen LogP contribution in [-0.2, 0) is 0 Å². The lowest BCUT2D eigenvalue weighted by molar-refractivity contribution is 1.17. The Kier molecular flexibility index (Phi) is 3.97.